The molecule has 0 aliphatic carbocycles. The molecule has 0 spiro atoms. The van der Waals surface area contributed by atoms with Crippen LogP contribution in [0.4, 0.5) is 13.2 Å². The molecule has 2 heterocycles. The highest BCUT2D eigenvalue weighted by molar-refractivity contribution is 8.00. The summed E-state index contributed by atoms with van der Waals surface area (Å²) in [6, 6.07) is 7.38. The van der Waals surface area contributed by atoms with Gasteiger partial charge in [-0.2, -0.15) is 13.2 Å². The van der Waals surface area contributed by atoms with Crippen LogP contribution >= 0.6 is 11.8 Å². The molecule has 1 amide bonds. The second-order valence-electron chi connectivity index (χ2n) is 4.86. The minimum absolute atomic E-state index is 0.461. The van der Waals surface area contributed by atoms with Crippen LogP contribution in [0.25, 0.3) is 16.8 Å². The number of nitrogens with zero attached hydrogens (tertiary/aromatic N) is 3. The molecule has 3 rings (SSSR count). The number of nitrogens with one attached hydrogen (secondary N) is 2. The molecule has 0 aliphatic heterocycles. The number of alkyl halides is 3. The molecular formula is C13H12F3N5OS. The minimum Gasteiger partial charge on any atom is -0.346 e. The first-order chi connectivity index (χ1) is 10.8. The Hall–Kier alpha value is -2.23. The van der Waals surface area contributed by atoms with Gasteiger partial charge in [0.25, 0.3) is 0 Å². The number of amides is 1. The van der Waals surface area contributed by atoms with E-state index in [1.165, 1.54) is 6.92 Å². The fourth-order valence-corrected chi connectivity index (χ4v) is 2.96. The van der Waals surface area contributed by atoms with E-state index in [1.54, 1.807) is 4.40 Å². The van der Waals surface area contributed by atoms with E-state index in [-0.39, 0.29) is 0 Å². The molecule has 0 bridgehead atoms. The summed E-state index contributed by atoms with van der Waals surface area (Å²) in [4.78, 5) is 16.1. The molecule has 1 unspecified atom stereocenters. The lowest BCUT2D eigenvalue weighted by molar-refractivity contribution is -0.137. The Balaban J connectivity index is 1.80. The summed E-state index contributed by atoms with van der Waals surface area (Å²) in [5, 5.41) is 8.42. The van der Waals surface area contributed by atoms with Crippen LogP contribution in [0.2, 0.25) is 0 Å². The zero-order valence-corrected chi connectivity index (χ0v) is 12.7. The zero-order valence-electron chi connectivity index (χ0n) is 11.9. The predicted octanol–water partition coefficient (Wildman–Crippen LogP) is 2.37. The number of halogens is 3. The summed E-state index contributed by atoms with van der Waals surface area (Å²) in [6.07, 6.45) is -4.43. The number of aromatic amines is 1. The van der Waals surface area contributed by atoms with Crippen molar-refractivity contribution in [2.45, 2.75) is 23.5 Å². The summed E-state index contributed by atoms with van der Waals surface area (Å²) in [5.41, 5.74) is 1.57. The van der Waals surface area contributed by atoms with E-state index >= 15 is 0 Å². The van der Waals surface area contributed by atoms with Crippen molar-refractivity contribution in [3.8, 4) is 0 Å². The van der Waals surface area contributed by atoms with Gasteiger partial charge >= 0.3 is 6.18 Å². The number of para-hydroxylation sites is 2. The van der Waals surface area contributed by atoms with Gasteiger partial charge in [0.15, 0.2) is 5.16 Å². The fraction of sp³-hybridized carbons (Fsp3) is 0.308. The lowest BCUT2D eigenvalue weighted by atomic mass is 10.3. The smallest absolute Gasteiger partial charge is 0.346 e. The van der Waals surface area contributed by atoms with Crippen LogP contribution in [0, 0.1) is 0 Å². The first kappa shape index (κ1) is 15.7. The summed E-state index contributed by atoms with van der Waals surface area (Å²) >= 11 is 1.06. The maximum Gasteiger partial charge on any atom is 0.405 e. The first-order valence-corrected chi connectivity index (χ1v) is 7.56. The normalized spacial score (nSPS) is 13.6. The number of hydrogen-bond donors (Lipinski definition) is 2. The average molecular weight is 343 g/mol. The first-order valence-electron chi connectivity index (χ1n) is 6.68. The van der Waals surface area contributed by atoms with Gasteiger partial charge in [-0.15, -0.1) is 5.10 Å². The molecule has 1 atom stereocenters. The molecule has 0 radical (unpaired) electrons. The zero-order chi connectivity index (χ0) is 16.6. The van der Waals surface area contributed by atoms with Crippen molar-refractivity contribution >= 4 is 34.5 Å². The molecule has 2 N–H and O–H groups in total. The Labute approximate surface area is 132 Å². The minimum atomic E-state index is -4.43. The third kappa shape index (κ3) is 3.26. The van der Waals surface area contributed by atoms with Crippen molar-refractivity contribution in [3.05, 3.63) is 24.3 Å². The van der Waals surface area contributed by atoms with Crippen LogP contribution in [0.15, 0.2) is 29.4 Å². The number of fused-ring (bicyclic) bond motifs is 3. The molecule has 0 saturated heterocycles. The molecule has 0 aliphatic rings. The average Bonchev–Trinajstić information content (AvgIpc) is 3.03. The van der Waals surface area contributed by atoms with Gasteiger partial charge in [-0.25, -0.2) is 10.1 Å². The highest BCUT2D eigenvalue weighted by Gasteiger charge is 2.29. The molecule has 6 nitrogen and oxygen atoms in total. The van der Waals surface area contributed by atoms with Gasteiger partial charge < -0.3 is 5.32 Å². The van der Waals surface area contributed by atoms with Crippen molar-refractivity contribution in [3.63, 3.8) is 0 Å². The van der Waals surface area contributed by atoms with Crippen molar-refractivity contribution in [2.75, 3.05) is 6.54 Å². The van der Waals surface area contributed by atoms with Crippen LogP contribution in [0.1, 0.15) is 6.92 Å². The van der Waals surface area contributed by atoms with E-state index in [0.717, 1.165) is 22.8 Å². The number of H-pyrrole nitrogens is 1. The molecule has 0 fully saturated rings. The second kappa shape index (κ2) is 5.76. The van der Waals surface area contributed by atoms with Crippen molar-refractivity contribution < 1.29 is 18.0 Å². The van der Waals surface area contributed by atoms with E-state index in [1.807, 2.05) is 29.6 Å². The SMILES string of the molecule is CC(Sc1n[nH]c2nc3ccccc3n12)C(=O)NCC(F)(F)F. The topological polar surface area (TPSA) is 75.1 Å². The standard InChI is InChI=1S/C13H12F3N5OS/c1-7(10(22)17-6-13(14,15)16)23-12-20-19-11-18-8-4-2-3-5-9(8)21(11)12/h2-5,7H,6H2,1H3,(H,17,22)(H,18,19). The quantitative estimate of drug-likeness (QED) is 0.713. The Morgan fingerprint density at radius 2 is 2.17 bits per heavy atom. The summed E-state index contributed by atoms with van der Waals surface area (Å²) in [6.45, 7) is 0.177. The maximum atomic E-state index is 12.1. The Bertz CT molecular complexity index is 856. The Morgan fingerprint density at radius 1 is 1.43 bits per heavy atom. The monoisotopic (exact) mass is 343 g/mol. The van der Waals surface area contributed by atoms with Crippen molar-refractivity contribution in [1.29, 1.82) is 0 Å². The van der Waals surface area contributed by atoms with Gasteiger partial charge in [0.05, 0.1) is 16.3 Å². The van der Waals surface area contributed by atoms with Crippen LogP contribution in [-0.4, -0.2) is 43.5 Å². The number of carbonyl (C=O) groups is 1. The number of aromatic nitrogens is 4. The number of carbonyl (C=O) groups excluding carboxylic acids is 1. The molecule has 122 valence electrons. The van der Waals surface area contributed by atoms with Gasteiger partial charge in [-0.05, 0) is 19.1 Å². The van der Waals surface area contributed by atoms with E-state index in [9.17, 15) is 18.0 Å². The summed E-state index contributed by atoms with van der Waals surface area (Å²) in [7, 11) is 0. The van der Waals surface area contributed by atoms with E-state index in [2.05, 4.69) is 15.2 Å². The molecule has 10 heteroatoms. The van der Waals surface area contributed by atoms with Crippen LogP contribution in [0.3, 0.4) is 0 Å². The highest BCUT2D eigenvalue weighted by atomic mass is 32.2. The molecule has 3 aromatic rings. The van der Waals surface area contributed by atoms with E-state index in [4.69, 9.17) is 0 Å². The number of rotatable bonds is 4. The Kier molecular flexibility index (Phi) is 3.92. The number of benzene rings is 1. The van der Waals surface area contributed by atoms with Gasteiger partial charge in [0.1, 0.15) is 6.54 Å². The van der Waals surface area contributed by atoms with E-state index in [0.29, 0.717) is 10.9 Å². The summed E-state index contributed by atoms with van der Waals surface area (Å²) in [5.74, 6) is -0.190. The van der Waals surface area contributed by atoms with Crippen LogP contribution in [-0.2, 0) is 4.79 Å². The molecule has 0 saturated carbocycles. The van der Waals surface area contributed by atoms with Crippen LogP contribution in [0.5, 0.6) is 0 Å². The third-order valence-corrected chi connectivity index (χ3v) is 4.17. The number of imidazole rings is 1. The second-order valence-corrected chi connectivity index (χ2v) is 6.17. The van der Waals surface area contributed by atoms with Gasteiger partial charge in [-0.1, -0.05) is 23.9 Å². The number of thioether (sulfide) groups is 1. The lowest BCUT2D eigenvalue weighted by Crippen LogP contribution is -2.38. The van der Waals surface area contributed by atoms with Crippen molar-refractivity contribution in [2.24, 2.45) is 0 Å². The van der Waals surface area contributed by atoms with Gasteiger partial charge in [0.2, 0.25) is 11.7 Å². The van der Waals surface area contributed by atoms with Gasteiger partial charge in [0, 0.05) is 0 Å². The number of hydrogen-bond acceptors (Lipinski definition) is 4. The lowest BCUT2D eigenvalue weighted by Gasteiger charge is -2.12. The molecular weight excluding hydrogens is 331 g/mol. The van der Waals surface area contributed by atoms with Crippen molar-refractivity contribution in [1.82, 2.24) is 24.9 Å². The molecule has 23 heavy (non-hydrogen) atoms. The third-order valence-electron chi connectivity index (χ3n) is 3.12. The largest absolute Gasteiger partial charge is 0.405 e. The Morgan fingerprint density at radius 3 is 2.91 bits per heavy atom. The highest BCUT2D eigenvalue weighted by Crippen LogP contribution is 2.26. The molecule has 2 aromatic heterocycles. The maximum absolute atomic E-state index is 12.1. The molecule has 1 aromatic carbocycles. The van der Waals surface area contributed by atoms with E-state index < -0.39 is 23.9 Å². The summed E-state index contributed by atoms with van der Waals surface area (Å²) < 4.78 is 38.2. The van der Waals surface area contributed by atoms with Gasteiger partial charge in [-0.3, -0.25) is 9.20 Å². The fourth-order valence-electron chi connectivity index (χ4n) is 2.06. The predicted molar refractivity (Wildman–Crippen MR) is 79.2 cm³/mol. The van der Waals surface area contributed by atoms with Crippen LogP contribution < -0.4 is 5.32 Å².